The van der Waals surface area contributed by atoms with Gasteiger partial charge in [-0.2, -0.15) is 0 Å². The van der Waals surface area contributed by atoms with E-state index in [2.05, 4.69) is 41.0 Å². The maximum atomic E-state index is 12.1. The van der Waals surface area contributed by atoms with E-state index in [-0.39, 0.29) is 10.8 Å². The quantitative estimate of drug-likeness (QED) is 0.153. The standard InChI is InChI=1S/C29H27N3O2/c1-28(32(33)34)20-12-11-19-26(28)27-21-31(22-30-27)29(23-13-5-2-6-14-23,24-15-7-3-8-16-24)25-17-9-4-10-18-25/h2-18,21-22,26H,19-20H2,1H3/t26-,28+/m1/s1. The maximum Gasteiger partial charge on any atom is 0.231 e. The van der Waals surface area contributed by atoms with Gasteiger partial charge in [-0.3, -0.25) is 10.1 Å². The summed E-state index contributed by atoms with van der Waals surface area (Å²) in [4.78, 5) is 16.7. The van der Waals surface area contributed by atoms with Crippen molar-refractivity contribution >= 4 is 0 Å². The van der Waals surface area contributed by atoms with Crippen molar-refractivity contribution in [3.8, 4) is 0 Å². The van der Waals surface area contributed by atoms with E-state index in [4.69, 9.17) is 4.98 Å². The van der Waals surface area contributed by atoms with Crippen LogP contribution in [0.3, 0.4) is 0 Å². The summed E-state index contributed by atoms with van der Waals surface area (Å²) in [7, 11) is 0. The molecule has 0 saturated heterocycles. The average molecular weight is 450 g/mol. The summed E-state index contributed by atoms with van der Waals surface area (Å²) in [5, 5.41) is 12.1. The SMILES string of the molecule is C[C@]1([N+](=O)[O-])CC=CC[C@@H]1c1cn(C(c2ccccc2)(c2ccccc2)c2ccccc2)cn1. The fourth-order valence-electron chi connectivity index (χ4n) is 5.28. The molecule has 5 rings (SSSR count). The fraction of sp³-hybridized carbons (Fsp3) is 0.207. The molecule has 5 nitrogen and oxygen atoms in total. The first kappa shape index (κ1) is 21.8. The smallest absolute Gasteiger partial charge is 0.231 e. The molecule has 1 heterocycles. The average Bonchev–Trinajstić information content (AvgIpc) is 3.37. The van der Waals surface area contributed by atoms with Crippen LogP contribution in [-0.4, -0.2) is 20.0 Å². The van der Waals surface area contributed by atoms with E-state index in [0.29, 0.717) is 12.8 Å². The van der Waals surface area contributed by atoms with E-state index in [1.807, 2.05) is 79.3 Å². The minimum Gasteiger partial charge on any atom is -0.319 e. The number of allylic oxidation sites excluding steroid dienone is 1. The van der Waals surface area contributed by atoms with Crippen LogP contribution in [0.5, 0.6) is 0 Å². The van der Waals surface area contributed by atoms with Crippen molar-refractivity contribution in [2.24, 2.45) is 0 Å². The van der Waals surface area contributed by atoms with Crippen LogP contribution in [0.15, 0.2) is 116 Å². The maximum absolute atomic E-state index is 12.1. The van der Waals surface area contributed by atoms with E-state index in [0.717, 1.165) is 22.4 Å². The zero-order valence-electron chi connectivity index (χ0n) is 19.1. The molecule has 4 aromatic rings. The third-order valence-corrected chi connectivity index (χ3v) is 7.16. The Morgan fingerprint density at radius 3 is 1.85 bits per heavy atom. The lowest BCUT2D eigenvalue weighted by molar-refractivity contribution is -0.570. The van der Waals surface area contributed by atoms with Gasteiger partial charge in [-0.1, -0.05) is 103 Å². The van der Waals surface area contributed by atoms with Gasteiger partial charge in [-0.15, -0.1) is 0 Å². The number of benzene rings is 3. The fourth-order valence-corrected chi connectivity index (χ4v) is 5.28. The Balaban J connectivity index is 1.76. The first-order chi connectivity index (χ1) is 16.6. The third-order valence-electron chi connectivity index (χ3n) is 7.16. The van der Waals surface area contributed by atoms with E-state index in [1.165, 1.54) is 0 Å². The van der Waals surface area contributed by atoms with E-state index < -0.39 is 11.1 Å². The highest BCUT2D eigenvalue weighted by atomic mass is 16.6. The van der Waals surface area contributed by atoms with E-state index in [9.17, 15) is 10.1 Å². The second-order valence-corrected chi connectivity index (χ2v) is 9.09. The van der Waals surface area contributed by atoms with Crippen LogP contribution in [0.25, 0.3) is 0 Å². The van der Waals surface area contributed by atoms with Crippen molar-refractivity contribution in [2.75, 3.05) is 0 Å². The van der Waals surface area contributed by atoms with Gasteiger partial charge in [0.2, 0.25) is 5.54 Å². The second kappa shape index (κ2) is 8.75. The molecule has 0 saturated carbocycles. The number of rotatable bonds is 6. The lowest BCUT2D eigenvalue weighted by atomic mass is 9.75. The number of nitro groups is 1. The molecule has 0 aliphatic heterocycles. The highest BCUT2D eigenvalue weighted by Gasteiger charge is 2.48. The van der Waals surface area contributed by atoms with Crippen LogP contribution in [0, 0.1) is 10.1 Å². The van der Waals surface area contributed by atoms with Gasteiger partial charge in [0.25, 0.3) is 0 Å². The number of imidazole rings is 1. The van der Waals surface area contributed by atoms with Crippen molar-refractivity contribution in [1.29, 1.82) is 0 Å². The van der Waals surface area contributed by atoms with Gasteiger partial charge >= 0.3 is 0 Å². The Morgan fingerprint density at radius 2 is 1.38 bits per heavy atom. The molecule has 2 atom stereocenters. The van der Waals surface area contributed by atoms with Crippen LogP contribution in [-0.2, 0) is 5.54 Å². The summed E-state index contributed by atoms with van der Waals surface area (Å²) < 4.78 is 2.13. The summed E-state index contributed by atoms with van der Waals surface area (Å²) in [6.45, 7) is 1.74. The molecule has 0 bridgehead atoms. The summed E-state index contributed by atoms with van der Waals surface area (Å²) in [6, 6.07) is 31.1. The van der Waals surface area contributed by atoms with Gasteiger partial charge in [0.05, 0.1) is 17.9 Å². The number of hydrogen-bond acceptors (Lipinski definition) is 3. The Hall–Kier alpha value is -3.99. The van der Waals surface area contributed by atoms with Crippen LogP contribution in [0.1, 0.15) is 48.1 Å². The Bertz CT molecular complexity index is 1200. The first-order valence-electron chi connectivity index (χ1n) is 11.6. The van der Waals surface area contributed by atoms with E-state index >= 15 is 0 Å². The highest BCUT2D eigenvalue weighted by Crippen LogP contribution is 2.43. The van der Waals surface area contributed by atoms with Crippen molar-refractivity contribution < 1.29 is 4.92 Å². The number of aromatic nitrogens is 2. The molecule has 0 N–H and O–H groups in total. The lowest BCUT2D eigenvalue weighted by Gasteiger charge is -2.37. The molecular weight excluding hydrogens is 422 g/mol. The van der Waals surface area contributed by atoms with Crippen LogP contribution in [0.4, 0.5) is 0 Å². The van der Waals surface area contributed by atoms with Crippen LogP contribution in [0.2, 0.25) is 0 Å². The number of nitrogens with zero attached hydrogens (tertiary/aromatic N) is 3. The molecule has 0 unspecified atom stereocenters. The van der Waals surface area contributed by atoms with Gasteiger partial charge < -0.3 is 4.57 Å². The zero-order chi connectivity index (χ0) is 23.6. The minimum atomic E-state index is -1.08. The van der Waals surface area contributed by atoms with Crippen molar-refractivity contribution in [3.05, 3.63) is 148 Å². The molecule has 5 heteroatoms. The predicted molar refractivity (Wildman–Crippen MR) is 133 cm³/mol. The second-order valence-electron chi connectivity index (χ2n) is 9.09. The van der Waals surface area contributed by atoms with Gasteiger partial charge in [0.1, 0.15) is 5.54 Å². The summed E-state index contributed by atoms with van der Waals surface area (Å²) in [5.74, 6) is -0.297. The lowest BCUT2D eigenvalue weighted by Crippen LogP contribution is -2.42. The molecule has 34 heavy (non-hydrogen) atoms. The topological polar surface area (TPSA) is 61.0 Å². The summed E-state index contributed by atoms with van der Waals surface area (Å²) in [6.07, 6.45) is 8.80. The van der Waals surface area contributed by atoms with Crippen molar-refractivity contribution in [2.45, 2.75) is 36.8 Å². The molecule has 170 valence electrons. The number of hydrogen-bond donors (Lipinski definition) is 0. The van der Waals surface area contributed by atoms with Gasteiger partial charge in [-0.05, 0) is 23.1 Å². The molecule has 1 aromatic heterocycles. The van der Waals surface area contributed by atoms with Crippen molar-refractivity contribution in [3.63, 3.8) is 0 Å². The van der Waals surface area contributed by atoms with Crippen LogP contribution >= 0.6 is 0 Å². The molecule has 0 amide bonds. The largest absolute Gasteiger partial charge is 0.319 e. The van der Waals surface area contributed by atoms with E-state index in [1.54, 1.807) is 6.92 Å². The molecule has 1 aliphatic carbocycles. The third kappa shape index (κ3) is 3.45. The zero-order valence-corrected chi connectivity index (χ0v) is 19.1. The highest BCUT2D eigenvalue weighted by molar-refractivity contribution is 5.50. The first-order valence-corrected chi connectivity index (χ1v) is 11.6. The predicted octanol–water partition coefficient (Wildman–Crippen LogP) is 6.19. The summed E-state index contributed by atoms with van der Waals surface area (Å²) in [5.41, 5.74) is 2.27. The molecule has 0 radical (unpaired) electrons. The molecule has 1 aliphatic rings. The van der Waals surface area contributed by atoms with Crippen LogP contribution < -0.4 is 0 Å². The Kier molecular flexibility index (Phi) is 5.62. The Labute approximate surface area is 199 Å². The molecule has 0 fully saturated rings. The molecule has 0 spiro atoms. The van der Waals surface area contributed by atoms with Gasteiger partial charge in [0, 0.05) is 24.5 Å². The summed E-state index contributed by atoms with van der Waals surface area (Å²) >= 11 is 0. The Morgan fingerprint density at radius 1 is 0.882 bits per heavy atom. The monoisotopic (exact) mass is 449 g/mol. The van der Waals surface area contributed by atoms with Gasteiger partial charge in [-0.25, -0.2) is 4.98 Å². The van der Waals surface area contributed by atoms with Crippen molar-refractivity contribution in [1.82, 2.24) is 9.55 Å². The van der Waals surface area contributed by atoms with Gasteiger partial charge in [0.15, 0.2) is 0 Å². The molecule has 3 aromatic carbocycles. The molecular formula is C29H27N3O2. The minimum absolute atomic E-state index is 0.140. The normalized spacial score (nSPS) is 20.2.